The molecule has 2 nitrogen and oxygen atoms in total. The van der Waals surface area contributed by atoms with Gasteiger partial charge in [0.2, 0.25) is 0 Å². The van der Waals surface area contributed by atoms with E-state index in [9.17, 15) is 13.9 Å². The van der Waals surface area contributed by atoms with Crippen molar-refractivity contribution in [3.63, 3.8) is 0 Å². The average Bonchev–Trinajstić information content (AvgIpc) is 3.07. The van der Waals surface area contributed by atoms with Gasteiger partial charge < -0.3 is 5.11 Å². The van der Waals surface area contributed by atoms with E-state index in [4.69, 9.17) is 0 Å². The number of aliphatic hydroxyl groups is 1. The van der Waals surface area contributed by atoms with Gasteiger partial charge in [0.25, 0.3) is 0 Å². The molecule has 0 aromatic heterocycles. The summed E-state index contributed by atoms with van der Waals surface area (Å²) in [5, 5.41) is 10.5. The van der Waals surface area contributed by atoms with Crippen LogP contribution in [0.1, 0.15) is 24.8 Å². The largest absolute Gasteiger partial charge is 0.384 e. The SMILES string of the molecule is OC1(c2ccc(F)c(F)c2)CCN(C2CC2)C1. The van der Waals surface area contributed by atoms with Crippen molar-refractivity contribution in [2.75, 3.05) is 13.1 Å². The average molecular weight is 239 g/mol. The van der Waals surface area contributed by atoms with Crippen molar-refractivity contribution < 1.29 is 13.9 Å². The minimum absolute atomic E-state index is 0.486. The standard InChI is InChI=1S/C13H15F2NO/c14-11-4-1-9(7-12(11)15)13(17)5-6-16(8-13)10-2-3-10/h1,4,7,10,17H,2-3,5-6,8H2. The van der Waals surface area contributed by atoms with Gasteiger partial charge >= 0.3 is 0 Å². The van der Waals surface area contributed by atoms with E-state index in [2.05, 4.69) is 4.90 Å². The fourth-order valence-electron chi connectivity index (χ4n) is 2.60. The number of benzene rings is 1. The molecule has 0 amide bonds. The lowest BCUT2D eigenvalue weighted by Gasteiger charge is -2.24. The molecule has 2 fully saturated rings. The Bertz CT molecular complexity index is 447. The lowest BCUT2D eigenvalue weighted by atomic mass is 9.93. The van der Waals surface area contributed by atoms with Crippen LogP contribution in [0.2, 0.25) is 0 Å². The summed E-state index contributed by atoms with van der Waals surface area (Å²) in [6, 6.07) is 4.28. The highest BCUT2D eigenvalue weighted by Crippen LogP contribution is 2.38. The highest BCUT2D eigenvalue weighted by Gasteiger charge is 2.43. The molecule has 1 atom stereocenters. The van der Waals surface area contributed by atoms with Crippen LogP contribution in [0, 0.1) is 11.6 Å². The van der Waals surface area contributed by atoms with Crippen molar-refractivity contribution in [2.45, 2.75) is 30.9 Å². The maximum Gasteiger partial charge on any atom is 0.159 e. The molecule has 1 saturated heterocycles. The zero-order valence-electron chi connectivity index (χ0n) is 9.50. The van der Waals surface area contributed by atoms with Crippen LogP contribution >= 0.6 is 0 Å². The zero-order valence-corrected chi connectivity index (χ0v) is 9.50. The molecule has 1 aliphatic carbocycles. The van der Waals surface area contributed by atoms with E-state index < -0.39 is 17.2 Å². The molecule has 1 unspecified atom stereocenters. The van der Waals surface area contributed by atoms with Crippen molar-refractivity contribution >= 4 is 0 Å². The molecule has 0 spiro atoms. The van der Waals surface area contributed by atoms with Crippen LogP contribution in [0.4, 0.5) is 8.78 Å². The summed E-state index contributed by atoms with van der Waals surface area (Å²) >= 11 is 0. The topological polar surface area (TPSA) is 23.5 Å². The molecule has 1 aromatic carbocycles. The number of halogens is 2. The predicted octanol–water partition coefficient (Wildman–Crippen LogP) is 2.02. The summed E-state index contributed by atoms with van der Waals surface area (Å²) in [5.41, 5.74) is -0.531. The smallest absolute Gasteiger partial charge is 0.159 e. The molecular weight excluding hydrogens is 224 g/mol. The van der Waals surface area contributed by atoms with Crippen molar-refractivity contribution in [2.24, 2.45) is 0 Å². The van der Waals surface area contributed by atoms with E-state index in [1.165, 1.54) is 18.9 Å². The second kappa shape index (κ2) is 3.75. The van der Waals surface area contributed by atoms with Crippen molar-refractivity contribution in [1.82, 2.24) is 4.90 Å². The van der Waals surface area contributed by atoms with Crippen molar-refractivity contribution in [3.8, 4) is 0 Å². The summed E-state index contributed by atoms with van der Waals surface area (Å²) in [6.45, 7) is 1.36. The number of hydrogen-bond acceptors (Lipinski definition) is 2. The Labute approximate surface area is 98.9 Å². The van der Waals surface area contributed by atoms with Gasteiger partial charge in [-0.25, -0.2) is 8.78 Å². The quantitative estimate of drug-likeness (QED) is 0.853. The van der Waals surface area contributed by atoms with Gasteiger partial charge in [0.1, 0.15) is 5.60 Å². The Morgan fingerprint density at radius 2 is 2.00 bits per heavy atom. The van der Waals surface area contributed by atoms with Crippen LogP contribution in [-0.2, 0) is 5.60 Å². The van der Waals surface area contributed by atoms with Gasteiger partial charge in [0.05, 0.1) is 0 Å². The number of β-amino-alcohol motifs (C(OH)–C–C–N with tert-alkyl or cyclic N) is 1. The highest BCUT2D eigenvalue weighted by atomic mass is 19.2. The molecule has 1 aromatic rings. The molecule has 0 bridgehead atoms. The fourth-order valence-corrected chi connectivity index (χ4v) is 2.60. The first-order valence-corrected chi connectivity index (χ1v) is 6.00. The van der Waals surface area contributed by atoms with Crippen LogP contribution < -0.4 is 0 Å². The molecular formula is C13H15F2NO. The lowest BCUT2D eigenvalue weighted by molar-refractivity contribution is 0.0448. The molecule has 1 aliphatic heterocycles. The molecule has 1 heterocycles. The van der Waals surface area contributed by atoms with Gasteiger partial charge in [0.15, 0.2) is 11.6 Å². The number of rotatable bonds is 2. The maximum atomic E-state index is 13.2. The molecule has 92 valence electrons. The predicted molar refractivity (Wildman–Crippen MR) is 59.5 cm³/mol. The Kier molecular flexibility index (Phi) is 2.45. The monoisotopic (exact) mass is 239 g/mol. The number of nitrogens with zero attached hydrogens (tertiary/aromatic N) is 1. The van der Waals surface area contributed by atoms with E-state index in [0.29, 0.717) is 24.6 Å². The third-order valence-corrected chi connectivity index (χ3v) is 3.80. The van der Waals surface area contributed by atoms with Gasteiger partial charge in [-0.1, -0.05) is 6.07 Å². The molecule has 17 heavy (non-hydrogen) atoms. The van der Waals surface area contributed by atoms with Crippen LogP contribution in [0.3, 0.4) is 0 Å². The van der Waals surface area contributed by atoms with Crippen molar-refractivity contribution in [1.29, 1.82) is 0 Å². The van der Waals surface area contributed by atoms with Crippen LogP contribution in [0.25, 0.3) is 0 Å². The van der Waals surface area contributed by atoms with Crippen LogP contribution in [-0.4, -0.2) is 29.1 Å². The van der Waals surface area contributed by atoms with Gasteiger partial charge in [-0.3, -0.25) is 4.90 Å². The molecule has 2 aliphatic rings. The molecule has 1 saturated carbocycles. The Hall–Kier alpha value is -1.00. The van der Waals surface area contributed by atoms with Crippen LogP contribution in [0.15, 0.2) is 18.2 Å². The fraction of sp³-hybridized carbons (Fsp3) is 0.538. The lowest BCUT2D eigenvalue weighted by Crippen LogP contribution is -2.32. The Balaban J connectivity index is 1.84. The second-order valence-electron chi connectivity index (χ2n) is 5.11. The van der Waals surface area contributed by atoms with E-state index in [-0.39, 0.29) is 0 Å². The normalized spacial score (nSPS) is 29.8. The Morgan fingerprint density at radius 1 is 1.24 bits per heavy atom. The van der Waals surface area contributed by atoms with E-state index in [0.717, 1.165) is 18.7 Å². The molecule has 1 N–H and O–H groups in total. The second-order valence-corrected chi connectivity index (χ2v) is 5.11. The maximum absolute atomic E-state index is 13.2. The first-order valence-electron chi connectivity index (χ1n) is 6.00. The summed E-state index contributed by atoms with van der Waals surface area (Å²) in [4.78, 5) is 2.24. The van der Waals surface area contributed by atoms with Gasteiger partial charge in [-0.15, -0.1) is 0 Å². The third-order valence-electron chi connectivity index (χ3n) is 3.80. The zero-order chi connectivity index (χ0) is 12.0. The summed E-state index contributed by atoms with van der Waals surface area (Å²) in [6.07, 6.45) is 2.97. The summed E-state index contributed by atoms with van der Waals surface area (Å²) in [7, 11) is 0. The molecule has 4 heteroatoms. The van der Waals surface area contributed by atoms with Gasteiger partial charge in [-0.05, 0) is 37.0 Å². The van der Waals surface area contributed by atoms with Crippen molar-refractivity contribution in [3.05, 3.63) is 35.4 Å². The Morgan fingerprint density at radius 3 is 2.65 bits per heavy atom. The van der Waals surface area contributed by atoms with Gasteiger partial charge in [-0.2, -0.15) is 0 Å². The van der Waals surface area contributed by atoms with Crippen LogP contribution in [0.5, 0.6) is 0 Å². The minimum atomic E-state index is -1.02. The van der Waals surface area contributed by atoms with E-state index in [1.807, 2.05) is 0 Å². The molecule has 0 radical (unpaired) electrons. The minimum Gasteiger partial charge on any atom is -0.384 e. The van der Waals surface area contributed by atoms with E-state index in [1.54, 1.807) is 0 Å². The third kappa shape index (κ3) is 1.96. The summed E-state index contributed by atoms with van der Waals surface area (Å²) in [5.74, 6) is -1.75. The van der Waals surface area contributed by atoms with Gasteiger partial charge in [0, 0.05) is 19.1 Å². The first kappa shape index (κ1) is 11.1. The number of hydrogen-bond donors (Lipinski definition) is 1. The number of likely N-dealkylation sites (tertiary alicyclic amines) is 1. The first-order chi connectivity index (χ1) is 8.08. The highest BCUT2D eigenvalue weighted by molar-refractivity contribution is 5.26. The summed E-state index contributed by atoms with van der Waals surface area (Å²) < 4.78 is 26.0. The van der Waals surface area contributed by atoms with E-state index >= 15 is 0 Å². The molecule has 3 rings (SSSR count).